The van der Waals surface area contributed by atoms with Gasteiger partial charge >= 0.3 is 0 Å². The smallest absolute Gasteiger partial charge is 0.120 e. The summed E-state index contributed by atoms with van der Waals surface area (Å²) in [6, 6.07) is 0. The zero-order valence-electron chi connectivity index (χ0n) is 12.9. The monoisotopic (exact) mass is 252 g/mol. The number of allylic oxidation sites excluding steroid dienone is 2. The van der Waals surface area contributed by atoms with E-state index in [4.69, 9.17) is 0 Å². The zero-order valence-corrected chi connectivity index (χ0v) is 12.9. The van der Waals surface area contributed by atoms with Gasteiger partial charge in [-0.3, -0.25) is 0 Å². The van der Waals surface area contributed by atoms with Crippen LogP contribution in [0.4, 0.5) is 0 Å². The molecule has 1 nitrogen and oxygen atoms in total. The van der Waals surface area contributed by atoms with E-state index in [1.807, 2.05) is 0 Å². The van der Waals surface area contributed by atoms with Crippen LogP contribution in [-0.2, 0) is 4.79 Å². The second-order valence-electron chi connectivity index (χ2n) is 5.87. The van der Waals surface area contributed by atoms with E-state index < -0.39 is 0 Å². The van der Waals surface area contributed by atoms with Crippen LogP contribution in [0, 0.1) is 5.41 Å². The number of rotatable bonds is 11. The molecule has 0 bridgehead atoms. The predicted molar refractivity (Wildman–Crippen MR) is 80.8 cm³/mol. The Morgan fingerprint density at radius 3 is 2.06 bits per heavy atom. The van der Waals surface area contributed by atoms with Gasteiger partial charge in [-0.1, -0.05) is 64.0 Å². The van der Waals surface area contributed by atoms with Crippen molar-refractivity contribution in [2.45, 2.75) is 85.5 Å². The van der Waals surface area contributed by atoms with E-state index in [1.165, 1.54) is 56.9 Å². The van der Waals surface area contributed by atoms with E-state index in [0.717, 1.165) is 6.29 Å². The molecule has 0 rings (SSSR count). The van der Waals surface area contributed by atoms with Gasteiger partial charge in [0, 0.05) is 6.42 Å². The molecule has 1 heteroatoms. The Kier molecular flexibility index (Phi) is 10.0. The number of unbranched alkanes of at least 4 members (excludes halogenated alkanes) is 4. The normalized spacial score (nSPS) is 14.0. The van der Waals surface area contributed by atoms with Gasteiger partial charge < -0.3 is 4.79 Å². The van der Waals surface area contributed by atoms with Crippen LogP contribution in [0.5, 0.6) is 0 Å². The van der Waals surface area contributed by atoms with E-state index in [2.05, 4.69) is 33.8 Å². The lowest BCUT2D eigenvalue weighted by Crippen LogP contribution is -2.19. The Balaban J connectivity index is 4.60. The van der Waals surface area contributed by atoms with Crippen LogP contribution in [0.1, 0.15) is 85.5 Å². The van der Waals surface area contributed by atoms with Crippen molar-refractivity contribution in [2.24, 2.45) is 5.41 Å². The Morgan fingerprint density at radius 1 is 0.944 bits per heavy atom. The summed E-state index contributed by atoms with van der Waals surface area (Å²) in [5, 5.41) is 0. The lowest BCUT2D eigenvalue weighted by Gasteiger charge is -2.30. The summed E-state index contributed by atoms with van der Waals surface area (Å²) in [4.78, 5) is 11.0. The molecule has 0 heterocycles. The minimum absolute atomic E-state index is 0.143. The minimum Gasteiger partial charge on any atom is -0.303 e. The molecule has 1 atom stereocenters. The third-order valence-electron chi connectivity index (χ3n) is 3.64. The summed E-state index contributed by atoms with van der Waals surface area (Å²) in [7, 11) is 0. The van der Waals surface area contributed by atoms with Gasteiger partial charge in [0.15, 0.2) is 0 Å². The molecule has 0 spiro atoms. The van der Waals surface area contributed by atoms with Crippen molar-refractivity contribution in [3.8, 4) is 0 Å². The molecule has 0 aromatic carbocycles. The Bertz CT molecular complexity index is 238. The molecule has 0 saturated carbocycles. The molecule has 0 amide bonds. The standard InChI is InChI=1S/C17H32O/c1-5-7-9-10-12-17(13-14-18,11-8-6-2)15-16(3)4/h14-15H,5-13H2,1-4H3/t17-/m0/s1. The fraction of sp³-hybridized carbons (Fsp3) is 0.824. The first-order valence-corrected chi connectivity index (χ1v) is 7.70. The first-order valence-electron chi connectivity index (χ1n) is 7.70. The lowest BCUT2D eigenvalue weighted by atomic mass is 9.74. The first kappa shape index (κ1) is 17.4. The fourth-order valence-electron chi connectivity index (χ4n) is 2.74. The summed E-state index contributed by atoms with van der Waals surface area (Å²) < 4.78 is 0. The molecule has 0 aromatic rings. The van der Waals surface area contributed by atoms with Crippen molar-refractivity contribution >= 4 is 6.29 Å². The average molecular weight is 252 g/mol. The maximum absolute atomic E-state index is 11.0. The molecule has 18 heavy (non-hydrogen) atoms. The molecule has 0 aliphatic carbocycles. The summed E-state index contributed by atoms with van der Waals surface area (Å²) in [5.74, 6) is 0. The van der Waals surface area contributed by atoms with Gasteiger partial charge in [-0.15, -0.1) is 0 Å². The van der Waals surface area contributed by atoms with Crippen molar-refractivity contribution < 1.29 is 4.79 Å². The number of hydrogen-bond acceptors (Lipinski definition) is 1. The maximum atomic E-state index is 11.0. The van der Waals surface area contributed by atoms with E-state index in [-0.39, 0.29) is 5.41 Å². The molecule has 0 aliphatic heterocycles. The van der Waals surface area contributed by atoms with Crippen molar-refractivity contribution in [3.63, 3.8) is 0 Å². The van der Waals surface area contributed by atoms with Crippen LogP contribution >= 0.6 is 0 Å². The summed E-state index contributed by atoms with van der Waals surface area (Å²) in [5.41, 5.74) is 1.49. The number of hydrogen-bond donors (Lipinski definition) is 0. The van der Waals surface area contributed by atoms with E-state index in [9.17, 15) is 4.79 Å². The number of carbonyl (C=O) groups is 1. The van der Waals surface area contributed by atoms with Gasteiger partial charge in [0.1, 0.15) is 6.29 Å². The molecular weight excluding hydrogens is 220 g/mol. The van der Waals surface area contributed by atoms with Crippen molar-refractivity contribution in [1.82, 2.24) is 0 Å². The first-order chi connectivity index (χ1) is 8.60. The van der Waals surface area contributed by atoms with E-state index in [1.54, 1.807) is 0 Å². The number of aldehydes is 1. The summed E-state index contributed by atoms with van der Waals surface area (Å²) in [6.07, 6.45) is 14.1. The van der Waals surface area contributed by atoms with Crippen LogP contribution < -0.4 is 0 Å². The van der Waals surface area contributed by atoms with Gasteiger partial charge in [-0.05, 0) is 32.1 Å². The SMILES string of the molecule is CCCCCC[C@](C=C(C)C)(CC=O)CCCC. The summed E-state index contributed by atoms with van der Waals surface area (Å²) in [6.45, 7) is 8.77. The van der Waals surface area contributed by atoms with Crippen LogP contribution in [0.3, 0.4) is 0 Å². The lowest BCUT2D eigenvalue weighted by molar-refractivity contribution is -0.109. The van der Waals surface area contributed by atoms with E-state index in [0.29, 0.717) is 6.42 Å². The van der Waals surface area contributed by atoms with Gasteiger partial charge in [-0.2, -0.15) is 0 Å². The highest BCUT2D eigenvalue weighted by molar-refractivity contribution is 5.51. The topological polar surface area (TPSA) is 17.1 Å². The fourth-order valence-corrected chi connectivity index (χ4v) is 2.74. The quantitative estimate of drug-likeness (QED) is 0.262. The third-order valence-corrected chi connectivity index (χ3v) is 3.64. The third kappa shape index (κ3) is 7.68. The second kappa shape index (κ2) is 10.3. The maximum Gasteiger partial charge on any atom is 0.120 e. The van der Waals surface area contributed by atoms with E-state index >= 15 is 0 Å². The molecule has 0 radical (unpaired) electrons. The van der Waals surface area contributed by atoms with Crippen LogP contribution in [0.2, 0.25) is 0 Å². The van der Waals surface area contributed by atoms with Gasteiger partial charge in [0.25, 0.3) is 0 Å². The minimum atomic E-state index is 0.143. The molecule has 0 unspecified atom stereocenters. The molecule has 106 valence electrons. The van der Waals surface area contributed by atoms with Crippen molar-refractivity contribution in [2.75, 3.05) is 0 Å². The Hall–Kier alpha value is -0.590. The van der Waals surface area contributed by atoms with Crippen molar-refractivity contribution in [1.29, 1.82) is 0 Å². The number of carbonyl (C=O) groups excluding carboxylic acids is 1. The van der Waals surface area contributed by atoms with Crippen LogP contribution in [0.15, 0.2) is 11.6 Å². The van der Waals surface area contributed by atoms with Gasteiger partial charge in [0.05, 0.1) is 0 Å². The van der Waals surface area contributed by atoms with Gasteiger partial charge in [0.2, 0.25) is 0 Å². The molecule has 0 aromatic heterocycles. The Morgan fingerprint density at radius 2 is 1.56 bits per heavy atom. The molecule has 0 fully saturated rings. The highest BCUT2D eigenvalue weighted by Gasteiger charge is 2.25. The average Bonchev–Trinajstić information content (AvgIpc) is 2.32. The molecule has 0 aliphatic rings. The Labute approximate surface area is 114 Å². The second-order valence-corrected chi connectivity index (χ2v) is 5.87. The van der Waals surface area contributed by atoms with Crippen LogP contribution in [-0.4, -0.2) is 6.29 Å². The van der Waals surface area contributed by atoms with Crippen LogP contribution in [0.25, 0.3) is 0 Å². The largest absolute Gasteiger partial charge is 0.303 e. The summed E-state index contributed by atoms with van der Waals surface area (Å²) >= 11 is 0. The van der Waals surface area contributed by atoms with Crippen molar-refractivity contribution in [3.05, 3.63) is 11.6 Å². The molecule has 0 saturated heterocycles. The highest BCUT2D eigenvalue weighted by Crippen LogP contribution is 2.37. The molecular formula is C17H32O. The zero-order chi connectivity index (χ0) is 13.9. The predicted octanol–water partition coefficient (Wildman–Crippen LogP) is 5.69. The molecule has 0 N–H and O–H groups in total. The van der Waals surface area contributed by atoms with Gasteiger partial charge in [-0.25, -0.2) is 0 Å². The highest BCUT2D eigenvalue weighted by atomic mass is 16.1.